The van der Waals surface area contributed by atoms with Crippen LogP contribution in [0.15, 0.2) is 12.4 Å². The summed E-state index contributed by atoms with van der Waals surface area (Å²) < 4.78 is 5.86. The van der Waals surface area contributed by atoms with Crippen LogP contribution in [-0.4, -0.2) is 16.1 Å². The van der Waals surface area contributed by atoms with Crippen molar-refractivity contribution in [2.45, 2.75) is 51.6 Å². The molecule has 0 unspecified atom stereocenters. The number of aromatic nitrogens is 2. The molecular weight excluding hydrogens is 188 g/mol. The van der Waals surface area contributed by atoms with Gasteiger partial charge in [-0.3, -0.25) is 0 Å². The highest BCUT2D eigenvalue weighted by molar-refractivity contribution is 5.12. The second-order valence-electron chi connectivity index (χ2n) is 4.23. The smallest absolute Gasteiger partial charge is 0.216 e. The number of hydrogen-bond acceptors (Lipinski definition) is 3. The quantitative estimate of drug-likeness (QED) is 0.698. The van der Waals surface area contributed by atoms with Gasteiger partial charge >= 0.3 is 0 Å². The van der Waals surface area contributed by atoms with Crippen molar-refractivity contribution in [1.82, 2.24) is 9.97 Å². The number of nitrogens with zero attached hydrogens (tertiary/aromatic N) is 2. The van der Waals surface area contributed by atoms with Gasteiger partial charge in [0, 0.05) is 11.8 Å². The molecule has 1 aliphatic carbocycles. The van der Waals surface area contributed by atoms with Gasteiger partial charge in [0.25, 0.3) is 0 Å². The maximum Gasteiger partial charge on any atom is 0.216 e. The molecule has 0 bridgehead atoms. The fourth-order valence-electron chi connectivity index (χ4n) is 2.03. The molecule has 1 aliphatic rings. The lowest BCUT2D eigenvalue weighted by atomic mass is 10.1. The first-order chi connectivity index (χ1) is 7.34. The van der Waals surface area contributed by atoms with E-state index in [0.717, 1.165) is 11.6 Å². The molecule has 1 aromatic heterocycles. The number of ether oxygens (including phenoxy) is 1. The number of hydrogen-bond donors (Lipinski definition) is 0. The predicted molar refractivity (Wildman–Crippen MR) is 58.9 cm³/mol. The molecule has 15 heavy (non-hydrogen) atoms. The van der Waals surface area contributed by atoms with Crippen LogP contribution < -0.4 is 4.74 Å². The molecule has 3 heteroatoms. The molecule has 82 valence electrons. The monoisotopic (exact) mass is 206 g/mol. The molecule has 1 fully saturated rings. The van der Waals surface area contributed by atoms with Crippen LogP contribution in [0.4, 0.5) is 0 Å². The van der Waals surface area contributed by atoms with Crippen LogP contribution in [0.3, 0.4) is 0 Å². The molecule has 0 N–H and O–H groups in total. The number of rotatable bonds is 2. The van der Waals surface area contributed by atoms with E-state index in [0.29, 0.717) is 6.10 Å². The van der Waals surface area contributed by atoms with Crippen LogP contribution in [0.2, 0.25) is 0 Å². The van der Waals surface area contributed by atoms with Crippen molar-refractivity contribution < 1.29 is 4.74 Å². The van der Waals surface area contributed by atoms with Gasteiger partial charge in [-0.05, 0) is 32.6 Å². The van der Waals surface area contributed by atoms with Gasteiger partial charge in [0.15, 0.2) is 0 Å². The molecule has 0 spiro atoms. The highest BCUT2D eigenvalue weighted by Gasteiger charge is 2.14. The zero-order valence-electron chi connectivity index (χ0n) is 9.28. The zero-order chi connectivity index (χ0) is 10.5. The van der Waals surface area contributed by atoms with Crippen molar-refractivity contribution in [2.75, 3.05) is 0 Å². The third-order valence-corrected chi connectivity index (χ3v) is 2.87. The molecule has 0 aromatic carbocycles. The topological polar surface area (TPSA) is 35.0 Å². The summed E-state index contributed by atoms with van der Waals surface area (Å²) in [5.74, 6) is 0.731. The summed E-state index contributed by atoms with van der Waals surface area (Å²) in [6.07, 6.45) is 9.55. The van der Waals surface area contributed by atoms with Crippen molar-refractivity contribution >= 4 is 0 Å². The van der Waals surface area contributed by atoms with Gasteiger partial charge in [0.05, 0.1) is 0 Å². The van der Waals surface area contributed by atoms with Crippen LogP contribution in [0.25, 0.3) is 0 Å². The summed E-state index contributed by atoms with van der Waals surface area (Å²) in [4.78, 5) is 8.19. The van der Waals surface area contributed by atoms with Crippen molar-refractivity contribution in [3.63, 3.8) is 0 Å². The Hall–Kier alpha value is -1.12. The summed E-state index contributed by atoms with van der Waals surface area (Å²) in [7, 11) is 0. The molecule has 0 saturated heterocycles. The fraction of sp³-hybridized carbons (Fsp3) is 0.667. The number of aryl methyl sites for hydroxylation is 1. The maximum atomic E-state index is 5.86. The van der Waals surface area contributed by atoms with E-state index in [2.05, 4.69) is 9.97 Å². The van der Waals surface area contributed by atoms with Crippen LogP contribution in [0.1, 0.15) is 44.2 Å². The van der Waals surface area contributed by atoms with E-state index < -0.39 is 0 Å². The second-order valence-corrected chi connectivity index (χ2v) is 4.23. The molecule has 3 nitrogen and oxygen atoms in total. The van der Waals surface area contributed by atoms with Gasteiger partial charge in [-0.25, -0.2) is 9.97 Å². The van der Waals surface area contributed by atoms with Gasteiger partial charge < -0.3 is 4.74 Å². The molecular formula is C12H18N2O. The minimum atomic E-state index is 0.363. The van der Waals surface area contributed by atoms with Crippen LogP contribution in [-0.2, 0) is 0 Å². The van der Waals surface area contributed by atoms with Gasteiger partial charge in [-0.15, -0.1) is 0 Å². The largest absolute Gasteiger partial charge is 0.474 e. The molecule has 1 heterocycles. The van der Waals surface area contributed by atoms with Gasteiger partial charge in [0.1, 0.15) is 12.4 Å². The lowest BCUT2D eigenvalue weighted by Gasteiger charge is -2.15. The maximum absolute atomic E-state index is 5.86. The normalized spacial score (nSPS) is 18.5. The Morgan fingerprint density at radius 2 is 1.87 bits per heavy atom. The van der Waals surface area contributed by atoms with E-state index in [4.69, 9.17) is 4.74 Å². The first-order valence-corrected chi connectivity index (χ1v) is 5.80. The van der Waals surface area contributed by atoms with E-state index in [1.807, 2.05) is 13.0 Å². The Kier molecular flexibility index (Phi) is 3.54. The minimum absolute atomic E-state index is 0.363. The third-order valence-electron chi connectivity index (χ3n) is 2.87. The highest BCUT2D eigenvalue weighted by atomic mass is 16.5. The van der Waals surface area contributed by atoms with E-state index in [1.54, 1.807) is 6.33 Å². The molecule has 0 aliphatic heterocycles. The first-order valence-electron chi connectivity index (χ1n) is 5.80. The van der Waals surface area contributed by atoms with E-state index in [-0.39, 0.29) is 0 Å². The minimum Gasteiger partial charge on any atom is -0.474 e. The Balaban J connectivity index is 1.95. The highest BCUT2D eigenvalue weighted by Crippen LogP contribution is 2.21. The standard InChI is InChI=1S/C12H18N2O/c1-10-8-12(14-9-13-10)15-11-6-4-2-3-5-7-11/h8-9,11H,2-7H2,1H3. The first kappa shape index (κ1) is 10.4. The summed E-state index contributed by atoms with van der Waals surface area (Å²) >= 11 is 0. The summed E-state index contributed by atoms with van der Waals surface area (Å²) in [5, 5.41) is 0. The average Bonchev–Trinajstić information content (AvgIpc) is 2.46. The van der Waals surface area contributed by atoms with E-state index in [1.165, 1.54) is 38.5 Å². The van der Waals surface area contributed by atoms with E-state index in [9.17, 15) is 0 Å². The van der Waals surface area contributed by atoms with Crippen LogP contribution in [0.5, 0.6) is 5.88 Å². The van der Waals surface area contributed by atoms with Crippen molar-refractivity contribution in [2.24, 2.45) is 0 Å². The van der Waals surface area contributed by atoms with Gasteiger partial charge in [0.2, 0.25) is 5.88 Å². The molecule has 0 amide bonds. The van der Waals surface area contributed by atoms with Gasteiger partial charge in [-0.2, -0.15) is 0 Å². The van der Waals surface area contributed by atoms with Crippen molar-refractivity contribution in [1.29, 1.82) is 0 Å². The van der Waals surface area contributed by atoms with Crippen LogP contribution >= 0.6 is 0 Å². The van der Waals surface area contributed by atoms with E-state index >= 15 is 0 Å². The molecule has 1 saturated carbocycles. The lowest BCUT2D eigenvalue weighted by Crippen LogP contribution is -2.15. The Bertz CT molecular complexity index is 306. The summed E-state index contributed by atoms with van der Waals surface area (Å²) in [6.45, 7) is 1.96. The second kappa shape index (κ2) is 5.10. The van der Waals surface area contributed by atoms with Crippen LogP contribution in [0, 0.1) is 6.92 Å². The Morgan fingerprint density at radius 1 is 1.13 bits per heavy atom. The predicted octanol–water partition coefficient (Wildman–Crippen LogP) is 2.89. The third kappa shape index (κ3) is 3.18. The molecule has 0 radical (unpaired) electrons. The van der Waals surface area contributed by atoms with Gasteiger partial charge in [-0.1, -0.05) is 12.8 Å². The molecule has 1 aromatic rings. The fourth-order valence-corrected chi connectivity index (χ4v) is 2.03. The summed E-state index contributed by atoms with van der Waals surface area (Å²) in [5.41, 5.74) is 0.966. The van der Waals surface area contributed by atoms with Crippen molar-refractivity contribution in [3.8, 4) is 5.88 Å². The Labute approximate surface area is 90.9 Å². The average molecular weight is 206 g/mol. The molecule has 0 atom stereocenters. The SMILES string of the molecule is Cc1cc(OC2CCCCCC2)ncn1. The lowest BCUT2D eigenvalue weighted by molar-refractivity contribution is 0.176. The Morgan fingerprint density at radius 3 is 2.53 bits per heavy atom. The summed E-state index contributed by atoms with van der Waals surface area (Å²) in [6, 6.07) is 1.91. The molecule has 2 rings (SSSR count). The zero-order valence-corrected chi connectivity index (χ0v) is 9.28. The van der Waals surface area contributed by atoms with Crippen molar-refractivity contribution in [3.05, 3.63) is 18.1 Å².